The zero-order valence-corrected chi connectivity index (χ0v) is 13.0. The number of hydrogen-bond acceptors (Lipinski definition) is 4. The molecule has 0 saturated carbocycles. The van der Waals surface area contributed by atoms with E-state index in [1.54, 1.807) is 12.1 Å². The predicted octanol–water partition coefficient (Wildman–Crippen LogP) is 0.0855. The first-order valence-electron chi connectivity index (χ1n) is 6.84. The van der Waals surface area contributed by atoms with E-state index >= 15 is 0 Å². The van der Waals surface area contributed by atoms with Crippen LogP contribution in [0.25, 0.3) is 0 Å². The zero-order chi connectivity index (χ0) is 15.7. The van der Waals surface area contributed by atoms with Crippen LogP contribution in [0.15, 0.2) is 34.2 Å². The summed E-state index contributed by atoms with van der Waals surface area (Å²) in [6.45, 7) is 3.47. The molecule has 118 valence electrons. The normalized spacial score (nSPS) is 12.2. The fourth-order valence-electron chi connectivity index (χ4n) is 1.67. The quantitative estimate of drug-likeness (QED) is 0.187. The molecule has 0 aliphatic carbocycles. The Bertz CT molecular complexity index is 554. The third-order valence-electron chi connectivity index (χ3n) is 2.88. The number of aliphatic imine (C=N–C) groups is 1. The van der Waals surface area contributed by atoms with Crippen LogP contribution in [0.3, 0.4) is 0 Å². The van der Waals surface area contributed by atoms with Crippen LogP contribution in [-0.2, 0) is 16.4 Å². The molecule has 0 amide bonds. The number of unbranched alkanes of at least 4 members (excludes halogenated alkanes) is 1. The molecule has 6 N–H and O–H groups in total. The lowest BCUT2D eigenvalue weighted by Crippen LogP contribution is -2.42. The molecule has 0 atom stereocenters. The molecule has 0 heterocycles. The third-order valence-corrected chi connectivity index (χ3v) is 3.81. The van der Waals surface area contributed by atoms with Crippen molar-refractivity contribution in [2.45, 2.75) is 31.1 Å². The molecular formula is C13H23N5O2S. The highest BCUT2D eigenvalue weighted by atomic mass is 32.2. The number of nitrogens with two attached hydrogens (primary N) is 2. The van der Waals surface area contributed by atoms with Crippen LogP contribution in [0.5, 0.6) is 0 Å². The molecule has 0 aliphatic rings. The fourth-order valence-corrected chi connectivity index (χ4v) is 2.19. The van der Waals surface area contributed by atoms with Gasteiger partial charge in [0.15, 0.2) is 0 Å². The lowest BCUT2D eigenvalue weighted by Gasteiger charge is -2.09. The summed E-state index contributed by atoms with van der Waals surface area (Å²) in [7, 11) is -3.63. The van der Waals surface area contributed by atoms with Crippen molar-refractivity contribution in [1.82, 2.24) is 10.7 Å². The van der Waals surface area contributed by atoms with Gasteiger partial charge < -0.3 is 5.32 Å². The van der Waals surface area contributed by atoms with Crippen LogP contribution in [0, 0.1) is 0 Å². The molecule has 0 fully saturated rings. The summed E-state index contributed by atoms with van der Waals surface area (Å²) in [5.41, 5.74) is 3.52. The average molecular weight is 313 g/mol. The lowest BCUT2D eigenvalue weighted by molar-refractivity contribution is 0.598. The maximum Gasteiger partial charge on any atom is 0.238 e. The SMILES string of the molecule is CCCCN=C(NN)NCCc1ccc(S(N)(=O)=O)cc1. The first-order valence-corrected chi connectivity index (χ1v) is 8.38. The Balaban J connectivity index is 2.46. The Labute approximate surface area is 125 Å². The first kappa shape index (κ1) is 17.4. The molecule has 7 nitrogen and oxygen atoms in total. The predicted molar refractivity (Wildman–Crippen MR) is 84.1 cm³/mol. The van der Waals surface area contributed by atoms with Crippen molar-refractivity contribution < 1.29 is 8.42 Å². The standard InChI is InChI=1S/C13H23N5O2S/c1-2-3-9-16-13(18-14)17-10-8-11-4-6-12(7-5-11)21(15,19)20/h4-7H,2-3,8-10,14H2,1H3,(H2,15,19,20)(H2,16,17,18). The molecule has 0 saturated heterocycles. The fraction of sp³-hybridized carbons (Fsp3) is 0.462. The highest BCUT2D eigenvalue weighted by molar-refractivity contribution is 7.89. The van der Waals surface area contributed by atoms with Gasteiger partial charge in [0.05, 0.1) is 4.90 Å². The van der Waals surface area contributed by atoms with Crippen molar-refractivity contribution in [2.75, 3.05) is 13.1 Å². The molecule has 0 unspecified atom stereocenters. The second kappa shape index (κ2) is 8.60. The van der Waals surface area contributed by atoms with Gasteiger partial charge in [0.2, 0.25) is 16.0 Å². The number of nitrogens with zero attached hydrogens (tertiary/aromatic N) is 1. The summed E-state index contributed by atoms with van der Waals surface area (Å²) in [6, 6.07) is 6.49. The summed E-state index contributed by atoms with van der Waals surface area (Å²) in [5.74, 6) is 5.94. The molecule has 0 aromatic heterocycles. The lowest BCUT2D eigenvalue weighted by atomic mass is 10.1. The van der Waals surface area contributed by atoms with Crippen molar-refractivity contribution in [3.05, 3.63) is 29.8 Å². The number of benzene rings is 1. The van der Waals surface area contributed by atoms with E-state index in [1.807, 2.05) is 0 Å². The summed E-state index contributed by atoms with van der Waals surface area (Å²) < 4.78 is 22.3. The number of hydrazine groups is 1. The Morgan fingerprint density at radius 3 is 2.48 bits per heavy atom. The molecule has 0 bridgehead atoms. The highest BCUT2D eigenvalue weighted by Gasteiger charge is 2.06. The highest BCUT2D eigenvalue weighted by Crippen LogP contribution is 2.08. The van der Waals surface area contributed by atoms with Crippen molar-refractivity contribution in [2.24, 2.45) is 16.0 Å². The molecule has 0 radical (unpaired) electrons. The van der Waals surface area contributed by atoms with Crippen molar-refractivity contribution in [1.29, 1.82) is 0 Å². The third kappa shape index (κ3) is 6.56. The van der Waals surface area contributed by atoms with E-state index in [0.29, 0.717) is 12.5 Å². The van der Waals surface area contributed by atoms with E-state index in [4.69, 9.17) is 11.0 Å². The number of guanidine groups is 1. The number of hydrogen-bond donors (Lipinski definition) is 4. The van der Waals surface area contributed by atoms with E-state index in [9.17, 15) is 8.42 Å². The minimum absolute atomic E-state index is 0.115. The van der Waals surface area contributed by atoms with Crippen LogP contribution in [0.1, 0.15) is 25.3 Å². The van der Waals surface area contributed by atoms with E-state index < -0.39 is 10.0 Å². The van der Waals surface area contributed by atoms with E-state index in [0.717, 1.165) is 31.4 Å². The van der Waals surface area contributed by atoms with E-state index in [1.165, 1.54) is 12.1 Å². The largest absolute Gasteiger partial charge is 0.355 e. The maximum atomic E-state index is 11.1. The first-order chi connectivity index (χ1) is 9.97. The monoisotopic (exact) mass is 313 g/mol. The average Bonchev–Trinajstić information content (AvgIpc) is 2.45. The van der Waals surface area contributed by atoms with Gasteiger partial charge >= 0.3 is 0 Å². The van der Waals surface area contributed by atoms with Crippen molar-refractivity contribution in [3.63, 3.8) is 0 Å². The van der Waals surface area contributed by atoms with Crippen molar-refractivity contribution >= 4 is 16.0 Å². The van der Waals surface area contributed by atoms with E-state index in [-0.39, 0.29) is 4.90 Å². The minimum Gasteiger partial charge on any atom is -0.355 e. The second-order valence-corrected chi connectivity index (χ2v) is 6.16. The number of nitrogens with one attached hydrogen (secondary N) is 2. The summed E-state index contributed by atoms with van der Waals surface area (Å²) >= 11 is 0. The maximum absolute atomic E-state index is 11.1. The topological polar surface area (TPSA) is 123 Å². The van der Waals surface area contributed by atoms with Gasteiger partial charge in [-0.15, -0.1) is 0 Å². The molecule has 0 spiro atoms. The van der Waals surface area contributed by atoms with Gasteiger partial charge in [0.1, 0.15) is 0 Å². The van der Waals surface area contributed by atoms with Gasteiger partial charge in [-0.25, -0.2) is 19.4 Å². The van der Waals surface area contributed by atoms with Crippen LogP contribution in [0.4, 0.5) is 0 Å². The molecule has 1 aromatic carbocycles. The van der Waals surface area contributed by atoms with Crippen LogP contribution in [0.2, 0.25) is 0 Å². The Morgan fingerprint density at radius 2 is 1.95 bits per heavy atom. The number of primary sulfonamides is 1. The molecule has 0 aliphatic heterocycles. The number of sulfonamides is 1. The Morgan fingerprint density at radius 1 is 1.29 bits per heavy atom. The molecular weight excluding hydrogens is 290 g/mol. The van der Waals surface area contributed by atoms with Gasteiger partial charge in [0, 0.05) is 13.1 Å². The van der Waals surface area contributed by atoms with Gasteiger partial charge in [-0.05, 0) is 30.5 Å². The van der Waals surface area contributed by atoms with Crippen LogP contribution >= 0.6 is 0 Å². The van der Waals surface area contributed by atoms with Gasteiger partial charge in [0.25, 0.3) is 0 Å². The molecule has 8 heteroatoms. The summed E-state index contributed by atoms with van der Waals surface area (Å²) in [5, 5.41) is 8.14. The Hall–Kier alpha value is -1.64. The molecule has 1 rings (SSSR count). The minimum atomic E-state index is -3.63. The second-order valence-electron chi connectivity index (χ2n) is 4.59. The Kier molecular flexibility index (Phi) is 7.13. The molecule has 21 heavy (non-hydrogen) atoms. The van der Waals surface area contributed by atoms with Gasteiger partial charge in [-0.1, -0.05) is 25.5 Å². The number of rotatable bonds is 7. The van der Waals surface area contributed by atoms with Crippen LogP contribution in [-0.4, -0.2) is 27.5 Å². The molecule has 1 aromatic rings. The van der Waals surface area contributed by atoms with Gasteiger partial charge in [-0.2, -0.15) is 0 Å². The zero-order valence-electron chi connectivity index (χ0n) is 12.2. The summed E-state index contributed by atoms with van der Waals surface area (Å²) in [4.78, 5) is 4.40. The summed E-state index contributed by atoms with van der Waals surface area (Å²) in [6.07, 6.45) is 2.82. The smallest absolute Gasteiger partial charge is 0.238 e. The van der Waals surface area contributed by atoms with E-state index in [2.05, 4.69) is 22.7 Å². The van der Waals surface area contributed by atoms with Crippen molar-refractivity contribution in [3.8, 4) is 0 Å². The van der Waals surface area contributed by atoms with Gasteiger partial charge in [-0.3, -0.25) is 10.4 Å². The van der Waals surface area contributed by atoms with Crippen LogP contribution < -0.4 is 21.7 Å².